The zero-order chi connectivity index (χ0) is 9.84. The lowest BCUT2D eigenvalue weighted by molar-refractivity contribution is 0.619. The van der Waals surface area contributed by atoms with E-state index in [1.165, 1.54) is 6.07 Å². The van der Waals surface area contributed by atoms with Crippen LogP contribution in [0.3, 0.4) is 0 Å². The van der Waals surface area contributed by atoms with Gasteiger partial charge in [-0.3, -0.25) is 0 Å². The summed E-state index contributed by atoms with van der Waals surface area (Å²) >= 11 is 3.23. The number of rotatable bonds is 3. The Morgan fingerprint density at radius 3 is 2.38 bits per heavy atom. The molecule has 0 atom stereocenters. The minimum absolute atomic E-state index is 0.168. The summed E-state index contributed by atoms with van der Waals surface area (Å²) in [5, 5.41) is 0. The average Bonchev–Trinajstić information content (AvgIpc) is 2.10. The molecule has 1 nitrogen and oxygen atoms in total. The Morgan fingerprint density at radius 2 is 1.92 bits per heavy atom. The molecule has 0 N–H and O–H groups in total. The molecular weight excluding hydrogens is 233 g/mol. The van der Waals surface area contributed by atoms with Crippen LogP contribution in [0, 0.1) is 5.82 Å². The molecule has 0 aliphatic rings. The predicted octanol–water partition coefficient (Wildman–Crippen LogP) is 3.43. The molecule has 1 aromatic carbocycles. The summed E-state index contributed by atoms with van der Waals surface area (Å²) in [5.41, 5.74) is 0.674. The SMILES string of the molecule is CCN(CC)c1ccc(Br)cc1F. The maximum atomic E-state index is 13.4. The van der Waals surface area contributed by atoms with Crippen molar-refractivity contribution in [3.05, 3.63) is 28.5 Å². The first-order valence-electron chi connectivity index (χ1n) is 4.39. The molecular formula is C10H13BrFN. The van der Waals surface area contributed by atoms with Crippen LogP contribution in [0.2, 0.25) is 0 Å². The van der Waals surface area contributed by atoms with E-state index in [0.29, 0.717) is 5.69 Å². The predicted molar refractivity (Wildman–Crippen MR) is 57.7 cm³/mol. The van der Waals surface area contributed by atoms with Gasteiger partial charge in [-0.05, 0) is 32.0 Å². The van der Waals surface area contributed by atoms with Crippen molar-refractivity contribution in [2.45, 2.75) is 13.8 Å². The molecule has 0 bridgehead atoms. The van der Waals surface area contributed by atoms with Crippen LogP contribution in [0.1, 0.15) is 13.8 Å². The minimum atomic E-state index is -0.168. The highest BCUT2D eigenvalue weighted by atomic mass is 79.9. The largest absolute Gasteiger partial charge is 0.370 e. The van der Waals surface area contributed by atoms with Crippen LogP contribution >= 0.6 is 15.9 Å². The highest BCUT2D eigenvalue weighted by Gasteiger charge is 2.07. The fourth-order valence-corrected chi connectivity index (χ4v) is 1.64. The standard InChI is InChI=1S/C10H13BrFN/c1-3-13(4-2)10-6-5-8(11)7-9(10)12/h5-7H,3-4H2,1-2H3. The van der Waals surface area contributed by atoms with Gasteiger partial charge in [0.1, 0.15) is 5.82 Å². The second kappa shape index (κ2) is 4.61. The average molecular weight is 246 g/mol. The summed E-state index contributed by atoms with van der Waals surface area (Å²) < 4.78 is 14.2. The van der Waals surface area contributed by atoms with Gasteiger partial charge in [-0.2, -0.15) is 0 Å². The van der Waals surface area contributed by atoms with Gasteiger partial charge >= 0.3 is 0 Å². The topological polar surface area (TPSA) is 3.24 Å². The van der Waals surface area contributed by atoms with Crippen molar-refractivity contribution in [2.24, 2.45) is 0 Å². The van der Waals surface area contributed by atoms with E-state index >= 15 is 0 Å². The van der Waals surface area contributed by atoms with Gasteiger partial charge in [-0.25, -0.2) is 4.39 Å². The van der Waals surface area contributed by atoms with Crippen molar-refractivity contribution in [1.82, 2.24) is 0 Å². The zero-order valence-corrected chi connectivity index (χ0v) is 9.44. The van der Waals surface area contributed by atoms with Crippen LogP contribution in [0.15, 0.2) is 22.7 Å². The molecule has 0 heterocycles. The first-order chi connectivity index (χ1) is 6.19. The normalized spacial score (nSPS) is 10.2. The van der Waals surface area contributed by atoms with Gasteiger partial charge in [0.2, 0.25) is 0 Å². The van der Waals surface area contributed by atoms with E-state index in [9.17, 15) is 4.39 Å². The van der Waals surface area contributed by atoms with Gasteiger partial charge in [0.15, 0.2) is 0 Å². The number of anilines is 1. The van der Waals surface area contributed by atoms with Crippen molar-refractivity contribution in [3.63, 3.8) is 0 Å². The summed E-state index contributed by atoms with van der Waals surface area (Å²) in [6, 6.07) is 5.15. The lowest BCUT2D eigenvalue weighted by Crippen LogP contribution is -2.22. The van der Waals surface area contributed by atoms with Crippen LogP contribution in [-0.4, -0.2) is 13.1 Å². The van der Waals surface area contributed by atoms with Gasteiger partial charge in [-0.15, -0.1) is 0 Å². The van der Waals surface area contributed by atoms with E-state index in [1.807, 2.05) is 24.8 Å². The molecule has 0 amide bonds. The lowest BCUT2D eigenvalue weighted by atomic mass is 10.2. The molecule has 72 valence electrons. The number of nitrogens with zero attached hydrogens (tertiary/aromatic N) is 1. The first kappa shape index (κ1) is 10.5. The summed E-state index contributed by atoms with van der Waals surface area (Å²) in [6.45, 7) is 5.69. The molecule has 0 spiro atoms. The summed E-state index contributed by atoms with van der Waals surface area (Å²) in [6.07, 6.45) is 0. The monoisotopic (exact) mass is 245 g/mol. The quantitative estimate of drug-likeness (QED) is 0.789. The summed E-state index contributed by atoms with van der Waals surface area (Å²) in [7, 11) is 0. The Hall–Kier alpha value is -0.570. The van der Waals surface area contributed by atoms with Crippen LogP contribution < -0.4 is 4.90 Å². The van der Waals surface area contributed by atoms with Crippen LogP contribution in [0.4, 0.5) is 10.1 Å². The second-order valence-corrected chi connectivity index (χ2v) is 3.68. The van der Waals surface area contributed by atoms with E-state index in [-0.39, 0.29) is 5.82 Å². The third-order valence-corrected chi connectivity index (χ3v) is 2.51. The number of hydrogen-bond acceptors (Lipinski definition) is 1. The third-order valence-electron chi connectivity index (χ3n) is 2.01. The Labute approximate surface area is 86.7 Å². The van der Waals surface area contributed by atoms with Crippen LogP contribution in [0.5, 0.6) is 0 Å². The van der Waals surface area contributed by atoms with E-state index in [4.69, 9.17) is 0 Å². The Balaban J connectivity index is 2.99. The molecule has 0 fully saturated rings. The number of benzene rings is 1. The third kappa shape index (κ3) is 2.44. The molecule has 0 saturated heterocycles. The Morgan fingerprint density at radius 1 is 1.31 bits per heavy atom. The van der Waals surface area contributed by atoms with E-state index in [0.717, 1.165) is 17.6 Å². The van der Waals surface area contributed by atoms with Crippen molar-refractivity contribution in [1.29, 1.82) is 0 Å². The highest BCUT2D eigenvalue weighted by molar-refractivity contribution is 9.10. The molecule has 0 unspecified atom stereocenters. The van der Waals surface area contributed by atoms with E-state index in [1.54, 1.807) is 6.07 Å². The molecule has 0 saturated carbocycles. The molecule has 0 aliphatic heterocycles. The van der Waals surface area contributed by atoms with Gasteiger partial charge < -0.3 is 4.90 Å². The molecule has 13 heavy (non-hydrogen) atoms. The second-order valence-electron chi connectivity index (χ2n) is 2.77. The van der Waals surface area contributed by atoms with Gasteiger partial charge in [0.25, 0.3) is 0 Å². The summed E-state index contributed by atoms with van der Waals surface area (Å²) in [4.78, 5) is 1.99. The van der Waals surface area contributed by atoms with Crippen molar-refractivity contribution >= 4 is 21.6 Å². The van der Waals surface area contributed by atoms with Gasteiger partial charge in [0, 0.05) is 17.6 Å². The molecule has 1 aromatic rings. The van der Waals surface area contributed by atoms with Gasteiger partial charge in [-0.1, -0.05) is 15.9 Å². The maximum absolute atomic E-state index is 13.4. The van der Waals surface area contributed by atoms with Crippen LogP contribution in [0.25, 0.3) is 0 Å². The Bertz CT molecular complexity index is 284. The molecule has 3 heteroatoms. The Kier molecular flexibility index (Phi) is 3.72. The van der Waals surface area contributed by atoms with Crippen molar-refractivity contribution in [3.8, 4) is 0 Å². The number of halogens is 2. The fourth-order valence-electron chi connectivity index (χ4n) is 1.30. The van der Waals surface area contributed by atoms with Crippen molar-refractivity contribution < 1.29 is 4.39 Å². The summed E-state index contributed by atoms with van der Waals surface area (Å²) in [5.74, 6) is -0.168. The van der Waals surface area contributed by atoms with Crippen LogP contribution in [-0.2, 0) is 0 Å². The first-order valence-corrected chi connectivity index (χ1v) is 5.18. The molecule has 0 aromatic heterocycles. The smallest absolute Gasteiger partial charge is 0.147 e. The van der Waals surface area contributed by atoms with Gasteiger partial charge in [0.05, 0.1) is 5.69 Å². The van der Waals surface area contributed by atoms with E-state index < -0.39 is 0 Å². The highest BCUT2D eigenvalue weighted by Crippen LogP contribution is 2.22. The van der Waals surface area contributed by atoms with E-state index in [2.05, 4.69) is 15.9 Å². The van der Waals surface area contributed by atoms with Crippen molar-refractivity contribution in [2.75, 3.05) is 18.0 Å². The molecule has 0 radical (unpaired) electrons. The molecule has 0 aliphatic carbocycles. The lowest BCUT2D eigenvalue weighted by Gasteiger charge is -2.21. The number of hydrogen-bond donors (Lipinski definition) is 0. The maximum Gasteiger partial charge on any atom is 0.147 e. The molecule has 1 rings (SSSR count). The fraction of sp³-hybridized carbons (Fsp3) is 0.400. The minimum Gasteiger partial charge on any atom is -0.370 e. The zero-order valence-electron chi connectivity index (χ0n) is 7.85.